The molecule has 0 saturated carbocycles. The number of rotatable bonds is 4. The molecule has 2 aliphatic rings. The first-order valence-corrected chi connectivity index (χ1v) is 11.8. The molecule has 9 nitrogen and oxygen atoms in total. The number of nitrogens with one attached hydrogen (secondary N) is 1. The van der Waals surface area contributed by atoms with Crippen LogP contribution in [0.3, 0.4) is 0 Å². The van der Waals surface area contributed by atoms with E-state index in [1.807, 2.05) is 13.8 Å². The van der Waals surface area contributed by atoms with E-state index in [0.717, 1.165) is 0 Å². The van der Waals surface area contributed by atoms with Gasteiger partial charge in [-0.2, -0.15) is 17.0 Å². The molecule has 0 bridgehead atoms. The molecular weight excluding hydrogens is 430 g/mol. The molecule has 1 aromatic carbocycles. The lowest BCUT2D eigenvalue weighted by molar-refractivity contribution is -0.0457. The lowest BCUT2D eigenvalue weighted by Crippen LogP contribution is -2.57. The molecule has 1 aromatic heterocycles. The summed E-state index contributed by atoms with van der Waals surface area (Å²) in [5.41, 5.74) is 0.365. The average molecular weight is 456 g/mol. The van der Waals surface area contributed by atoms with Gasteiger partial charge in [0.15, 0.2) is 0 Å². The van der Waals surface area contributed by atoms with E-state index in [1.165, 1.54) is 8.61 Å². The summed E-state index contributed by atoms with van der Waals surface area (Å²) in [6.45, 7) is 6.91. The highest BCUT2D eigenvalue weighted by Gasteiger charge is 2.36. The zero-order valence-corrected chi connectivity index (χ0v) is 18.6. The third-order valence-corrected chi connectivity index (χ3v) is 7.66. The van der Waals surface area contributed by atoms with Crippen molar-refractivity contribution in [1.29, 1.82) is 0 Å². The van der Waals surface area contributed by atoms with Crippen LogP contribution < -0.4 is 5.56 Å². The summed E-state index contributed by atoms with van der Waals surface area (Å²) in [6, 6.07) is 5.03. The third-order valence-electron chi connectivity index (χ3n) is 5.46. The number of H-pyrrole nitrogens is 1. The molecule has 3 heterocycles. The smallest absolute Gasteiger partial charge is 0.282 e. The highest BCUT2D eigenvalue weighted by molar-refractivity contribution is 7.86. The predicted octanol–water partition coefficient (Wildman–Crippen LogP) is 1.05. The highest BCUT2D eigenvalue weighted by atomic mass is 35.5. The number of nitrogens with zero attached hydrogens (tertiary/aromatic N) is 4. The van der Waals surface area contributed by atoms with E-state index in [-0.39, 0.29) is 17.8 Å². The topological polar surface area (TPSA) is 98.8 Å². The molecule has 2 unspecified atom stereocenters. The van der Waals surface area contributed by atoms with E-state index in [0.29, 0.717) is 67.6 Å². The highest BCUT2D eigenvalue weighted by Crippen LogP contribution is 2.20. The van der Waals surface area contributed by atoms with Crippen LogP contribution in [-0.4, -0.2) is 83.4 Å². The second-order valence-electron chi connectivity index (χ2n) is 7.93. The summed E-state index contributed by atoms with van der Waals surface area (Å²) in [5.74, 6) is 0.557. The van der Waals surface area contributed by atoms with Crippen molar-refractivity contribution >= 4 is 32.7 Å². The maximum Gasteiger partial charge on any atom is 0.282 e. The Hall–Kier alpha value is -1.56. The lowest BCUT2D eigenvalue weighted by Gasteiger charge is -2.40. The minimum atomic E-state index is -3.51. The Kier molecular flexibility index (Phi) is 6.16. The van der Waals surface area contributed by atoms with Crippen LogP contribution in [0.25, 0.3) is 10.9 Å². The summed E-state index contributed by atoms with van der Waals surface area (Å²) in [7, 11) is -3.51. The van der Waals surface area contributed by atoms with Crippen molar-refractivity contribution in [3.05, 3.63) is 39.4 Å². The molecule has 164 valence electrons. The second-order valence-corrected chi connectivity index (χ2v) is 10.3. The number of hydrogen-bond acceptors (Lipinski definition) is 6. The minimum Gasteiger partial charge on any atom is -0.373 e. The Morgan fingerprint density at radius 1 is 1.13 bits per heavy atom. The van der Waals surface area contributed by atoms with E-state index >= 15 is 0 Å². The van der Waals surface area contributed by atoms with Crippen molar-refractivity contribution in [3.63, 3.8) is 0 Å². The maximum absolute atomic E-state index is 13.0. The molecule has 2 saturated heterocycles. The Morgan fingerprint density at radius 3 is 2.47 bits per heavy atom. The van der Waals surface area contributed by atoms with Crippen molar-refractivity contribution in [2.24, 2.45) is 0 Å². The van der Waals surface area contributed by atoms with Crippen molar-refractivity contribution in [1.82, 2.24) is 23.5 Å². The number of hydrogen-bond donors (Lipinski definition) is 1. The molecular formula is C19H26ClN5O4S. The quantitative estimate of drug-likeness (QED) is 0.739. The molecule has 2 atom stereocenters. The van der Waals surface area contributed by atoms with Gasteiger partial charge in [0.25, 0.3) is 15.8 Å². The second kappa shape index (κ2) is 8.52. The normalized spacial score (nSPS) is 25.0. The number of piperazine rings is 1. The van der Waals surface area contributed by atoms with Crippen molar-refractivity contribution in [2.75, 3.05) is 39.3 Å². The number of halogens is 1. The third kappa shape index (κ3) is 4.53. The number of aromatic nitrogens is 2. The Morgan fingerprint density at radius 2 is 1.80 bits per heavy atom. The van der Waals surface area contributed by atoms with E-state index in [4.69, 9.17) is 16.3 Å². The van der Waals surface area contributed by atoms with E-state index in [9.17, 15) is 13.2 Å². The molecule has 0 spiro atoms. The maximum atomic E-state index is 13.0. The van der Waals surface area contributed by atoms with E-state index in [2.05, 4.69) is 14.9 Å². The summed E-state index contributed by atoms with van der Waals surface area (Å²) < 4.78 is 34.8. The predicted molar refractivity (Wildman–Crippen MR) is 115 cm³/mol. The largest absolute Gasteiger partial charge is 0.373 e. The van der Waals surface area contributed by atoms with Crippen LogP contribution in [0.2, 0.25) is 5.02 Å². The van der Waals surface area contributed by atoms with Gasteiger partial charge in [0.05, 0.1) is 29.7 Å². The van der Waals surface area contributed by atoms with E-state index in [1.54, 1.807) is 18.2 Å². The van der Waals surface area contributed by atoms with Gasteiger partial charge >= 0.3 is 0 Å². The van der Waals surface area contributed by atoms with Gasteiger partial charge in [0.1, 0.15) is 5.82 Å². The number of ether oxygens (including phenoxy) is 1. The molecule has 2 aliphatic heterocycles. The van der Waals surface area contributed by atoms with Crippen molar-refractivity contribution in [2.45, 2.75) is 32.6 Å². The SMILES string of the molecule is CC1CN(S(=O)(=O)N2CCN(Cc3nc4ccc(Cl)cc4c(=O)[nH]3)CC2)CC(C)O1. The first kappa shape index (κ1) is 21.7. The van der Waals surface area contributed by atoms with Crippen molar-refractivity contribution in [3.8, 4) is 0 Å². The Balaban J connectivity index is 1.41. The van der Waals surface area contributed by atoms with Crippen LogP contribution in [0.1, 0.15) is 19.7 Å². The number of benzene rings is 1. The van der Waals surface area contributed by atoms with Gasteiger partial charge in [0, 0.05) is 44.3 Å². The zero-order chi connectivity index (χ0) is 21.5. The van der Waals surface area contributed by atoms with Gasteiger partial charge in [-0.1, -0.05) is 11.6 Å². The first-order valence-electron chi connectivity index (χ1n) is 10.0. The number of morpholine rings is 1. The molecule has 0 amide bonds. The van der Waals surface area contributed by atoms with Crippen molar-refractivity contribution < 1.29 is 13.2 Å². The molecule has 2 aromatic rings. The summed E-state index contributed by atoms with van der Waals surface area (Å²) in [6.07, 6.45) is -0.231. The molecule has 0 aliphatic carbocycles. The van der Waals surface area contributed by atoms with Crippen LogP contribution in [-0.2, 0) is 21.5 Å². The Bertz CT molecular complexity index is 1070. The molecule has 1 N–H and O–H groups in total. The summed E-state index contributed by atoms with van der Waals surface area (Å²) >= 11 is 5.96. The van der Waals surface area contributed by atoms with Crippen LogP contribution in [0, 0.1) is 0 Å². The van der Waals surface area contributed by atoms with Gasteiger partial charge in [-0.3, -0.25) is 9.69 Å². The van der Waals surface area contributed by atoms with Crippen LogP contribution >= 0.6 is 11.6 Å². The van der Waals surface area contributed by atoms with Crippen LogP contribution in [0.5, 0.6) is 0 Å². The first-order chi connectivity index (χ1) is 14.2. The fraction of sp³-hybridized carbons (Fsp3) is 0.579. The fourth-order valence-corrected chi connectivity index (χ4v) is 5.97. The average Bonchev–Trinajstić information content (AvgIpc) is 2.68. The number of aromatic amines is 1. The monoisotopic (exact) mass is 455 g/mol. The molecule has 11 heteroatoms. The fourth-order valence-electron chi connectivity index (χ4n) is 4.05. The number of fused-ring (bicyclic) bond motifs is 1. The molecule has 2 fully saturated rings. The van der Waals surface area contributed by atoms with Gasteiger partial charge in [-0.25, -0.2) is 4.98 Å². The minimum absolute atomic E-state index is 0.115. The molecule has 4 rings (SSSR count). The van der Waals surface area contributed by atoms with Crippen LogP contribution in [0.4, 0.5) is 0 Å². The Labute approximate surface area is 180 Å². The van der Waals surface area contributed by atoms with Gasteiger partial charge in [0.2, 0.25) is 0 Å². The standard InChI is InChI=1S/C19H26ClN5O4S/c1-13-10-25(11-14(2)29-13)30(27,28)24-7-5-23(6-8-24)12-18-21-17-4-3-15(20)9-16(17)19(26)22-18/h3-4,9,13-14H,5-8,10-12H2,1-2H3,(H,21,22,26). The van der Waals surface area contributed by atoms with E-state index < -0.39 is 10.2 Å². The molecule has 0 radical (unpaired) electrons. The summed E-state index contributed by atoms with van der Waals surface area (Å²) in [5, 5.41) is 0.945. The van der Waals surface area contributed by atoms with Gasteiger partial charge in [-0.05, 0) is 32.0 Å². The van der Waals surface area contributed by atoms with Gasteiger partial charge in [-0.15, -0.1) is 0 Å². The molecule has 30 heavy (non-hydrogen) atoms. The summed E-state index contributed by atoms with van der Waals surface area (Å²) in [4.78, 5) is 21.7. The lowest BCUT2D eigenvalue weighted by atomic mass is 10.2. The van der Waals surface area contributed by atoms with Crippen LogP contribution in [0.15, 0.2) is 23.0 Å². The zero-order valence-electron chi connectivity index (χ0n) is 17.0. The van der Waals surface area contributed by atoms with Gasteiger partial charge < -0.3 is 9.72 Å².